The van der Waals surface area contributed by atoms with Crippen LogP contribution in [0.2, 0.25) is 19.6 Å². The lowest BCUT2D eigenvalue weighted by molar-refractivity contribution is -0.370. The second kappa shape index (κ2) is 11.4. The minimum absolute atomic E-state index is 0.00725. The monoisotopic (exact) mass is 557 g/mol. The SMILES string of the molecule is C[C@@H]1CCC(CC(=O)NCC(=O)OC(C)(C)C)C2(OOC([Si](C)(C)C)O2)[C@H]1CCC1(C)OCC(C)(C)CO1. The molecule has 2 aliphatic heterocycles. The van der Waals surface area contributed by atoms with E-state index in [2.05, 4.69) is 45.7 Å². The normalized spacial score (nSPS) is 33.2. The summed E-state index contributed by atoms with van der Waals surface area (Å²) in [6.45, 7) is 21.5. The maximum absolute atomic E-state index is 13.0. The van der Waals surface area contributed by atoms with Crippen LogP contribution in [0.15, 0.2) is 0 Å². The van der Waals surface area contributed by atoms with Crippen molar-refractivity contribution < 1.29 is 38.3 Å². The van der Waals surface area contributed by atoms with Crippen molar-refractivity contribution in [3.05, 3.63) is 0 Å². The molecular weight excluding hydrogens is 506 g/mol. The van der Waals surface area contributed by atoms with E-state index in [-0.39, 0.29) is 36.1 Å². The summed E-state index contributed by atoms with van der Waals surface area (Å²) in [6, 6.07) is 0. The van der Waals surface area contributed by atoms with E-state index in [0.29, 0.717) is 25.6 Å². The quantitative estimate of drug-likeness (QED) is 0.254. The summed E-state index contributed by atoms with van der Waals surface area (Å²) < 4.78 is 24.4. The Morgan fingerprint density at radius 2 is 1.68 bits per heavy atom. The highest BCUT2D eigenvalue weighted by molar-refractivity contribution is 6.77. The van der Waals surface area contributed by atoms with Gasteiger partial charge in [-0.3, -0.25) is 9.59 Å². The number of amides is 1. The molecule has 1 amide bonds. The van der Waals surface area contributed by atoms with Crippen molar-refractivity contribution in [2.75, 3.05) is 19.8 Å². The Labute approximate surface area is 229 Å². The van der Waals surface area contributed by atoms with Gasteiger partial charge in [-0.25, -0.2) is 4.89 Å². The van der Waals surface area contributed by atoms with Crippen molar-refractivity contribution in [3.63, 3.8) is 0 Å². The first-order chi connectivity index (χ1) is 17.3. The first-order valence-electron chi connectivity index (χ1n) is 14.1. The molecule has 1 saturated carbocycles. The Morgan fingerprint density at radius 1 is 1.05 bits per heavy atom. The van der Waals surface area contributed by atoms with Crippen LogP contribution in [0.1, 0.15) is 80.6 Å². The molecule has 2 saturated heterocycles. The van der Waals surface area contributed by atoms with Crippen LogP contribution >= 0.6 is 0 Å². The summed E-state index contributed by atoms with van der Waals surface area (Å²) >= 11 is 0. The van der Waals surface area contributed by atoms with Crippen LogP contribution < -0.4 is 5.32 Å². The molecule has 3 aliphatic rings. The molecule has 5 atom stereocenters. The van der Waals surface area contributed by atoms with Gasteiger partial charge in [-0.1, -0.05) is 40.4 Å². The predicted molar refractivity (Wildman–Crippen MR) is 145 cm³/mol. The number of carbonyl (C=O) groups is 2. The van der Waals surface area contributed by atoms with E-state index >= 15 is 0 Å². The lowest BCUT2D eigenvalue weighted by atomic mass is 9.67. The summed E-state index contributed by atoms with van der Waals surface area (Å²) in [4.78, 5) is 37.2. The van der Waals surface area contributed by atoms with Crippen molar-refractivity contribution in [2.24, 2.45) is 23.2 Å². The van der Waals surface area contributed by atoms with Gasteiger partial charge in [-0.2, -0.15) is 4.89 Å². The number of ether oxygens (including phenoxy) is 4. The number of hydrogen-bond donors (Lipinski definition) is 1. The largest absolute Gasteiger partial charge is 0.459 e. The average Bonchev–Trinajstić information content (AvgIpc) is 3.22. The van der Waals surface area contributed by atoms with Gasteiger partial charge in [0.2, 0.25) is 11.7 Å². The Balaban J connectivity index is 1.74. The molecule has 3 rings (SSSR count). The van der Waals surface area contributed by atoms with Crippen LogP contribution in [0, 0.1) is 23.2 Å². The average molecular weight is 558 g/mol. The molecular formula is C28H51NO8Si. The number of carbonyl (C=O) groups excluding carboxylic acids is 2. The third-order valence-corrected chi connectivity index (χ3v) is 9.36. The molecule has 0 aromatic heterocycles. The van der Waals surface area contributed by atoms with Crippen LogP contribution in [-0.4, -0.2) is 62.8 Å². The van der Waals surface area contributed by atoms with Gasteiger partial charge in [0.15, 0.2) is 11.7 Å². The lowest BCUT2D eigenvalue weighted by Gasteiger charge is -2.48. The molecule has 3 unspecified atom stereocenters. The third kappa shape index (κ3) is 8.01. The molecule has 1 N–H and O–H groups in total. The maximum Gasteiger partial charge on any atom is 0.325 e. The number of nitrogens with one attached hydrogen (secondary N) is 1. The summed E-state index contributed by atoms with van der Waals surface area (Å²) in [5.41, 5.74) is -0.613. The fourth-order valence-electron chi connectivity index (χ4n) is 5.44. The zero-order valence-corrected chi connectivity index (χ0v) is 26.2. The maximum atomic E-state index is 13.0. The molecule has 38 heavy (non-hydrogen) atoms. The highest BCUT2D eigenvalue weighted by Gasteiger charge is 2.60. The van der Waals surface area contributed by atoms with Crippen LogP contribution in [-0.2, 0) is 38.3 Å². The fraction of sp³-hybridized carbons (Fsp3) is 0.929. The van der Waals surface area contributed by atoms with Crippen LogP contribution in [0.4, 0.5) is 0 Å². The lowest BCUT2D eigenvalue weighted by Crippen LogP contribution is -2.55. The van der Waals surface area contributed by atoms with Crippen molar-refractivity contribution in [2.45, 2.75) is 123 Å². The van der Waals surface area contributed by atoms with Crippen molar-refractivity contribution >= 4 is 20.0 Å². The van der Waals surface area contributed by atoms with E-state index in [4.69, 9.17) is 28.7 Å². The molecule has 220 valence electrons. The molecule has 0 aromatic carbocycles. The molecule has 0 bridgehead atoms. The molecule has 9 nitrogen and oxygen atoms in total. The molecule has 1 aliphatic carbocycles. The fourth-order valence-corrected chi connectivity index (χ4v) is 6.32. The minimum Gasteiger partial charge on any atom is -0.459 e. The molecule has 0 radical (unpaired) electrons. The van der Waals surface area contributed by atoms with E-state index in [1.807, 2.05) is 6.92 Å². The van der Waals surface area contributed by atoms with Gasteiger partial charge in [-0.05, 0) is 52.9 Å². The Morgan fingerprint density at radius 3 is 2.24 bits per heavy atom. The van der Waals surface area contributed by atoms with Gasteiger partial charge >= 0.3 is 5.97 Å². The van der Waals surface area contributed by atoms with Crippen LogP contribution in [0.5, 0.6) is 0 Å². The van der Waals surface area contributed by atoms with Gasteiger partial charge < -0.3 is 24.3 Å². The first-order valence-corrected chi connectivity index (χ1v) is 17.7. The number of esters is 1. The summed E-state index contributed by atoms with van der Waals surface area (Å²) in [7, 11) is -1.87. The van der Waals surface area contributed by atoms with Crippen LogP contribution in [0.25, 0.3) is 0 Å². The molecule has 2 heterocycles. The number of hydrogen-bond acceptors (Lipinski definition) is 8. The summed E-state index contributed by atoms with van der Waals surface area (Å²) in [5.74, 6) is -2.78. The Bertz CT molecular complexity index is 841. The summed E-state index contributed by atoms with van der Waals surface area (Å²) in [5, 5.41) is 2.73. The third-order valence-electron chi connectivity index (χ3n) is 7.73. The van der Waals surface area contributed by atoms with E-state index in [1.54, 1.807) is 20.8 Å². The van der Waals surface area contributed by atoms with E-state index in [9.17, 15) is 9.59 Å². The summed E-state index contributed by atoms with van der Waals surface area (Å²) in [6.07, 6.45) is 3.30. The topological polar surface area (TPSA) is 102 Å². The van der Waals surface area contributed by atoms with E-state index in [1.165, 1.54) is 0 Å². The van der Waals surface area contributed by atoms with E-state index < -0.39 is 37.1 Å². The van der Waals surface area contributed by atoms with Gasteiger partial charge in [0.05, 0.1) is 13.2 Å². The Kier molecular flexibility index (Phi) is 9.48. The Hall–Kier alpha value is -1.04. The standard InChI is InChI=1S/C28H51NO8Si/c1-19-11-12-20(15-22(30)29-16-23(31)34-25(2,3)4)28(35-24(36-37-28)38(8,9)10)21(19)13-14-27(7)32-17-26(5,6)18-33-27/h19-21,24H,11-18H2,1-10H3,(H,29,30)/t19-,20?,21+,24?,28?/m1/s1. The smallest absolute Gasteiger partial charge is 0.325 e. The van der Waals surface area contributed by atoms with Crippen molar-refractivity contribution in [3.8, 4) is 0 Å². The number of rotatable bonds is 8. The van der Waals surface area contributed by atoms with Gasteiger partial charge in [0.1, 0.15) is 20.2 Å². The van der Waals surface area contributed by atoms with Crippen LogP contribution in [0.3, 0.4) is 0 Å². The second-order valence-corrected chi connectivity index (χ2v) is 19.8. The molecule has 3 fully saturated rings. The zero-order chi connectivity index (χ0) is 28.6. The minimum atomic E-state index is -1.87. The van der Waals surface area contributed by atoms with Gasteiger partial charge in [0, 0.05) is 30.1 Å². The highest BCUT2D eigenvalue weighted by Crippen LogP contribution is 2.53. The van der Waals surface area contributed by atoms with E-state index in [0.717, 1.165) is 19.3 Å². The second-order valence-electron chi connectivity index (χ2n) is 14.6. The first kappa shape index (κ1) is 31.5. The molecule has 1 spiro atoms. The highest BCUT2D eigenvalue weighted by atomic mass is 28.3. The predicted octanol–water partition coefficient (Wildman–Crippen LogP) is 4.94. The van der Waals surface area contributed by atoms with Gasteiger partial charge in [-0.15, -0.1) is 0 Å². The molecule has 10 heteroatoms. The molecule has 0 aromatic rings. The van der Waals surface area contributed by atoms with Gasteiger partial charge in [0.25, 0.3) is 0 Å². The van der Waals surface area contributed by atoms with Crippen molar-refractivity contribution in [1.82, 2.24) is 5.32 Å². The van der Waals surface area contributed by atoms with Crippen molar-refractivity contribution in [1.29, 1.82) is 0 Å². The zero-order valence-electron chi connectivity index (χ0n) is 25.2.